The van der Waals surface area contributed by atoms with Gasteiger partial charge in [0.2, 0.25) is 0 Å². The molecule has 9 aromatic carbocycles. The van der Waals surface area contributed by atoms with E-state index in [2.05, 4.69) is 348 Å². The average Bonchev–Trinajstić information content (AvgIpc) is 1.58. The topological polar surface area (TPSA) is 118 Å². The number of nitrogens with zero attached hydrogens (tertiary/aromatic N) is 8. The summed E-state index contributed by atoms with van der Waals surface area (Å²) in [6, 6.07) is 60.5. The summed E-state index contributed by atoms with van der Waals surface area (Å²) in [5, 5.41) is 24.4. The van der Waals surface area contributed by atoms with E-state index >= 15 is 0 Å². The molecule has 3 aliphatic carbocycles. The maximum Gasteiger partial charge on any atom is 2.00 e. The fourth-order valence-corrected chi connectivity index (χ4v) is 25.8. The van der Waals surface area contributed by atoms with Crippen molar-refractivity contribution in [3.05, 3.63) is 239 Å². The first-order valence-corrected chi connectivity index (χ1v) is 51.0. The summed E-state index contributed by atoms with van der Waals surface area (Å²) < 4.78 is 10.5. The summed E-state index contributed by atoms with van der Waals surface area (Å²) in [7, 11) is 3.33. The summed E-state index contributed by atoms with van der Waals surface area (Å²) in [6.07, 6.45) is 16.3. The molecule has 13 heteroatoms. The van der Waals surface area contributed by atoms with Crippen LogP contribution in [0.5, 0.6) is 11.5 Å². The van der Waals surface area contributed by atoms with Crippen LogP contribution in [-0.2, 0) is 51.2 Å². The minimum atomic E-state index is 0. The van der Waals surface area contributed by atoms with Crippen molar-refractivity contribution in [2.24, 2.45) is 69.5 Å². The minimum absolute atomic E-state index is 0. The number of aromatic nitrogens is 3. The second-order valence-electron chi connectivity index (χ2n) is 46.4. The number of para-hydroxylation sites is 5. The maximum absolute atomic E-state index is 8.88. The molecule has 6 aliphatic rings. The zero-order chi connectivity index (χ0) is 96.6. The Bertz CT molecular complexity index is 5590. The van der Waals surface area contributed by atoms with Crippen LogP contribution in [0.1, 0.15) is 355 Å². The number of hydrogen-bond acceptors (Lipinski definition) is 7. The number of methoxy groups -OCH3 is 2. The van der Waals surface area contributed by atoms with Gasteiger partial charge in [0, 0.05) is 33.7 Å². The van der Waals surface area contributed by atoms with E-state index in [1.165, 1.54) is 149 Å². The number of nitriles is 2. The molecule has 0 N–H and O–H groups in total. The smallest absolute Gasteiger partial charge is 0.657 e. The summed E-state index contributed by atoms with van der Waals surface area (Å²) in [4.78, 5) is 21.9. The van der Waals surface area contributed by atoms with Crippen molar-refractivity contribution in [1.82, 2.24) is 15.0 Å². The third kappa shape index (κ3) is 22.9. The van der Waals surface area contributed by atoms with Gasteiger partial charge in [-0.1, -0.05) is 367 Å². The molecular weight excluding hydrogens is 1810 g/mol. The molecule has 3 saturated heterocycles. The molecule has 136 heavy (non-hydrogen) atoms. The Labute approximate surface area is 853 Å². The summed E-state index contributed by atoms with van der Waals surface area (Å²) in [6.45, 7) is 77.6. The molecule has 6 heterocycles. The molecule has 739 valence electrons. The molecule has 3 spiro atoms. The van der Waals surface area contributed by atoms with Crippen LogP contribution in [0, 0.1) is 126 Å². The van der Waals surface area contributed by atoms with Crippen LogP contribution in [0.4, 0.5) is 17.1 Å². The predicted octanol–water partition coefficient (Wildman–Crippen LogP) is 33.7. The first-order chi connectivity index (χ1) is 62.8. The van der Waals surface area contributed by atoms with E-state index in [1.54, 1.807) is 26.4 Å². The van der Waals surface area contributed by atoms with Crippen LogP contribution in [0.15, 0.2) is 164 Å². The Morgan fingerprint density at radius 2 is 0.581 bits per heavy atom. The van der Waals surface area contributed by atoms with Crippen molar-refractivity contribution in [3.8, 4) is 23.6 Å². The molecule has 0 amide bonds. The van der Waals surface area contributed by atoms with Gasteiger partial charge in [0.15, 0.2) is 0 Å². The van der Waals surface area contributed by atoms with E-state index in [1.807, 2.05) is 60.7 Å². The Morgan fingerprint density at radius 1 is 0.331 bits per heavy atom. The number of benzene rings is 9. The monoisotopic (exact) mass is 1970 g/mol. The van der Waals surface area contributed by atoms with Crippen LogP contribution in [-0.4, -0.2) is 30.8 Å². The molecule has 9 atom stereocenters. The van der Waals surface area contributed by atoms with E-state index in [-0.39, 0.29) is 67.8 Å². The summed E-state index contributed by atoms with van der Waals surface area (Å²) >= 11 is 0. The SMILES string of the molecule is CC1CC[C@@H](C(C)C)[C@@]2([CH-]N(c3c(C(C)C)cccc3C(C)C)C(C)(C)C2)C1.CC1CC[C@@H](C(C)C)[C@@]2([CH-]N(c3c(C(C)C)cccc3C(C)C)C(C)(C)C2)C1.CC1CC[C@@H](C(C)C)[C@@]2([CH-]N(c3c(C(C)C)cccc3C(C)C)C(C)(C)C2)C1.COc1ccc2[n-]c3ccc(OC)cc3c2c1.Cc1cccc2c1[n-]c1c(C)cccc12.N#Cc1ccc2[n-]c3ccc(C#N)cc3c2c1.[Cu+2].[Cu+2].[Cu+2]. The van der Waals surface area contributed by atoms with Gasteiger partial charge >= 0.3 is 51.2 Å². The van der Waals surface area contributed by atoms with Crippen molar-refractivity contribution < 1.29 is 60.7 Å². The Hall–Kier alpha value is -8.08. The van der Waals surface area contributed by atoms with Gasteiger partial charge in [-0.2, -0.15) is 10.5 Å². The third-order valence-corrected chi connectivity index (χ3v) is 31.6. The number of anilines is 3. The number of fused-ring (bicyclic) bond motifs is 9. The van der Waals surface area contributed by atoms with Gasteiger partial charge in [-0.15, -0.1) is 49.3 Å². The largest absolute Gasteiger partial charge is 2.00 e. The van der Waals surface area contributed by atoms with Crippen molar-refractivity contribution in [1.29, 1.82) is 10.5 Å². The van der Waals surface area contributed by atoms with E-state index in [0.717, 1.165) is 119 Å². The Balaban J connectivity index is 0.000000170. The van der Waals surface area contributed by atoms with Gasteiger partial charge in [-0.25, -0.2) is 19.6 Å². The molecule has 0 bridgehead atoms. The van der Waals surface area contributed by atoms with Crippen molar-refractivity contribution in [3.63, 3.8) is 0 Å². The minimum Gasteiger partial charge on any atom is -0.657 e. The molecule has 3 aromatic heterocycles. The maximum atomic E-state index is 8.88. The van der Waals surface area contributed by atoms with E-state index in [4.69, 9.17) is 25.0 Å². The molecular formula is C123H162Cu3N8O2. The van der Waals surface area contributed by atoms with Crippen molar-refractivity contribution in [2.75, 3.05) is 28.9 Å². The molecule has 3 saturated carbocycles. The van der Waals surface area contributed by atoms with Crippen LogP contribution in [0.3, 0.4) is 0 Å². The zero-order valence-electron chi connectivity index (χ0n) is 88.3. The average molecular weight is 1980 g/mol. The Kier molecular flexibility index (Phi) is 36.2. The van der Waals surface area contributed by atoms with Gasteiger partial charge < -0.3 is 39.1 Å². The predicted molar refractivity (Wildman–Crippen MR) is 568 cm³/mol. The molecule has 18 rings (SSSR count). The van der Waals surface area contributed by atoms with Crippen LogP contribution in [0.2, 0.25) is 0 Å². The number of ether oxygens (including phenoxy) is 2. The fraction of sp³-hybridized carbons (Fsp3) is 0.520. The molecule has 3 radical (unpaired) electrons. The Morgan fingerprint density at radius 3 is 0.824 bits per heavy atom. The van der Waals surface area contributed by atoms with Gasteiger partial charge in [0.05, 0.1) is 37.5 Å². The third-order valence-electron chi connectivity index (χ3n) is 31.6. The van der Waals surface area contributed by atoms with Crippen molar-refractivity contribution >= 4 is 82.5 Å². The van der Waals surface area contributed by atoms with Gasteiger partial charge in [0.1, 0.15) is 11.5 Å². The first kappa shape index (κ1) is 110. The number of hydrogen-bond donors (Lipinski definition) is 0. The molecule has 3 aliphatic heterocycles. The molecule has 6 fully saturated rings. The second kappa shape index (κ2) is 44.8. The first-order valence-electron chi connectivity index (χ1n) is 51.0. The second-order valence-corrected chi connectivity index (χ2v) is 46.4. The van der Waals surface area contributed by atoms with Crippen LogP contribution >= 0.6 is 0 Å². The van der Waals surface area contributed by atoms with Crippen molar-refractivity contribution in [2.45, 2.75) is 330 Å². The number of rotatable bonds is 14. The quantitative estimate of drug-likeness (QED) is 0.0769. The zero-order valence-corrected chi connectivity index (χ0v) is 91.1. The summed E-state index contributed by atoms with van der Waals surface area (Å²) in [5.74, 6) is 12.1. The number of aryl methyl sites for hydroxylation is 2. The normalized spacial score (nSPS) is 22.6. The molecule has 3 unspecified atom stereocenters. The van der Waals surface area contributed by atoms with Crippen LogP contribution < -0.4 is 39.1 Å². The van der Waals surface area contributed by atoms with Gasteiger partial charge in [-0.05, 0) is 241 Å². The van der Waals surface area contributed by atoms with Gasteiger partial charge in [-0.3, -0.25) is 0 Å². The van der Waals surface area contributed by atoms with E-state index < -0.39 is 0 Å². The molecule has 12 aromatic rings. The van der Waals surface area contributed by atoms with Crippen LogP contribution in [0.25, 0.3) is 65.4 Å². The van der Waals surface area contributed by atoms with Gasteiger partial charge in [0.25, 0.3) is 0 Å². The standard InChI is InChI=1S/3C27H44N.C14H6N3.C14H12NO2.C14H12N.3Cu/c3*1-18(2)22-11-10-12-23(19(3)4)25(22)28-17-27(16-26(28,8)9)15-21(7)13-14-24(27)20(5)6;15-7-9-1-3-13-11(5-9)12-6-10(8-16)2-4-14(12)17-13;1-16-9-3-5-13-11(7-9)12-8-10(17-2)4-6-14(12)15-13;1-9-5-3-7-11-12-8-4-6-10(2)14(12)15-13(9)11;;;/h3*10-12,17-21,24H,13-16H2,1-9H3;1-6H;3-8H,1-2H3;3-8H,1-2H3;;;/q6*-1;3*+2/t3*21?,24-,27-;;;;;;/m000....../s1. The summed E-state index contributed by atoms with van der Waals surface area (Å²) in [5.41, 5.74) is 24.8. The fourth-order valence-electron chi connectivity index (χ4n) is 25.8. The molecule has 10 nitrogen and oxygen atoms in total. The van der Waals surface area contributed by atoms with E-state index in [0.29, 0.717) is 62.9 Å². The van der Waals surface area contributed by atoms with E-state index in [9.17, 15) is 0 Å².